The number of aromatic nitrogens is 3. The van der Waals surface area contributed by atoms with Gasteiger partial charge in [-0.25, -0.2) is 9.67 Å². The fraction of sp³-hybridized carbons (Fsp3) is 0.467. The minimum atomic E-state index is -0.513. The van der Waals surface area contributed by atoms with Crippen molar-refractivity contribution < 1.29 is 9.84 Å². The van der Waals surface area contributed by atoms with Crippen LogP contribution in [0.4, 0.5) is 0 Å². The van der Waals surface area contributed by atoms with Crippen LogP contribution >= 0.6 is 11.6 Å². The van der Waals surface area contributed by atoms with Gasteiger partial charge in [0.25, 0.3) is 0 Å². The zero-order chi connectivity index (χ0) is 15.4. The van der Waals surface area contributed by atoms with Gasteiger partial charge in [0.05, 0.1) is 30.9 Å². The molecule has 118 valence electrons. The van der Waals surface area contributed by atoms with E-state index in [2.05, 4.69) is 15.0 Å². The lowest BCUT2D eigenvalue weighted by Gasteiger charge is -2.28. The lowest BCUT2D eigenvalue weighted by Crippen LogP contribution is -2.42. The summed E-state index contributed by atoms with van der Waals surface area (Å²) >= 11 is 6.21. The van der Waals surface area contributed by atoms with Crippen molar-refractivity contribution in [2.24, 2.45) is 0 Å². The SMILES string of the molecule is O[C@H](CN1CCOCC1)Cn1ncnc1-c1ccccc1Cl. The fourth-order valence-corrected chi connectivity index (χ4v) is 2.81. The molecule has 0 aliphatic carbocycles. The second kappa shape index (κ2) is 7.19. The Bertz CT molecular complexity index is 613. The molecule has 1 aliphatic heterocycles. The van der Waals surface area contributed by atoms with Gasteiger partial charge in [0, 0.05) is 25.2 Å². The van der Waals surface area contributed by atoms with E-state index >= 15 is 0 Å². The van der Waals surface area contributed by atoms with Crippen molar-refractivity contribution in [3.05, 3.63) is 35.6 Å². The molecule has 1 aliphatic rings. The number of morpholine rings is 1. The van der Waals surface area contributed by atoms with Gasteiger partial charge in [0.2, 0.25) is 0 Å². The van der Waals surface area contributed by atoms with Gasteiger partial charge in [-0.1, -0.05) is 23.7 Å². The number of β-amino-alcohol motifs (C(OH)–C–C–N with tert-alkyl or cyclic N) is 1. The zero-order valence-electron chi connectivity index (χ0n) is 12.2. The average molecular weight is 323 g/mol. The van der Waals surface area contributed by atoms with Crippen molar-refractivity contribution in [3.8, 4) is 11.4 Å². The maximum Gasteiger partial charge on any atom is 0.159 e. The molecule has 2 heterocycles. The molecule has 2 aromatic rings. The summed E-state index contributed by atoms with van der Waals surface area (Å²) in [6, 6.07) is 7.50. The summed E-state index contributed by atoms with van der Waals surface area (Å²) in [6.45, 7) is 4.14. The fourth-order valence-electron chi connectivity index (χ4n) is 2.59. The normalized spacial score (nSPS) is 17.5. The van der Waals surface area contributed by atoms with Crippen molar-refractivity contribution >= 4 is 11.6 Å². The van der Waals surface area contributed by atoms with Gasteiger partial charge < -0.3 is 9.84 Å². The maximum absolute atomic E-state index is 10.3. The molecule has 1 N–H and O–H groups in total. The molecule has 0 saturated carbocycles. The molecule has 1 fully saturated rings. The van der Waals surface area contributed by atoms with Crippen LogP contribution in [0.25, 0.3) is 11.4 Å². The molecule has 7 heteroatoms. The maximum atomic E-state index is 10.3. The molecule has 1 atom stereocenters. The van der Waals surface area contributed by atoms with Crippen LogP contribution in [0, 0.1) is 0 Å². The number of rotatable bonds is 5. The second-order valence-electron chi connectivity index (χ2n) is 5.31. The predicted octanol–water partition coefficient (Wildman–Crippen LogP) is 1.29. The second-order valence-corrected chi connectivity index (χ2v) is 5.72. The first-order chi connectivity index (χ1) is 10.7. The monoisotopic (exact) mass is 322 g/mol. The van der Waals surface area contributed by atoms with Gasteiger partial charge in [-0.05, 0) is 12.1 Å². The Morgan fingerprint density at radius 3 is 2.77 bits per heavy atom. The number of aliphatic hydroxyl groups is 1. The lowest BCUT2D eigenvalue weighted by molar-refractivity contribution is 0.0109. The number of aliphatic hydroxyl groups excluding tert-OH is 1. The largest absolute Gasteiger partial charge is 0.390 e. The third-order valence-corrected chi connectivity index (χ3v) is 4.02. The summed E-state index contributed by atoms with van der Waals surface area (Å²) in [7, 11) is 0. The third kappa shape index (κ3) is 3.64. The van der Waals surface area contributed by atoms with Crippen molar-refractivity contribution in [2.45, 2.75) is 12.6 Å². The van der Waals surface area contributed by atoms with Crippen LogP contribution in [0.2, 0.25) is 5.02 Å². The molecule has 1 saturated heterocycles. The van der Waals surface area contributed by atoms with E-state index in [4.69, 9.17) is 16.3 Å². The highest BCUT2D eigenvalue weighted by molar-refractivity contribution is 6.33. The van der Waals surface area contributed by atoms with Gasteiger partial charge in [-0.2, -0.15) is 5.10 Å². The Hall–Kier alpha value is -1.47. The standard InChI is InChI=1S/C15H19ClN4O2/c16-14-4-2-1-3-13(14)15-17-11-18-20(15)10-12(21)9-19-5-7-22-8-6-19/h1-4,11-12,21H,5-10H2/t12-/m1/s1. The van der Waals surface area contributed by atoms with Gasteiger partial charge in [-0.3, -0.25) is 4.90 Å². The Morgan fingerprint density at radius 1 is 1.23 bits per heavy atom. The topological polar surface area (TPSA) is 63.4 Å². The first-order valence-corrected chi connectivity index (χ1v) is 7.72. The van der Waals surface area contributed by atoms with Gasteiger partial charge in [-0.15, -0.1) is 0 Å². The minimum Gasteiger partial charge on any atom is -0.390 e. The first kappa shape index (κ1) is 15.4. The quantitative estimate of drug-likeness (QED) is 0.898. The predicted molar refractivity (Wildman–Crippen MR) is 83.7 cm³/mol. The average Bonchev–Trinajstić information content (AvgIpc) is 2.96. The Balaban J connectivity index is 1.68. The van der Waals surface area contributed by atoms with Crippen molar-refractivity contribution in [2.75, 3.05) is 32.8 Å². The van der Waals surface area contributed by atoms with E-state index < -0.39 is 6.10 Å². The van der Waals surface area contributed by atoms with E-state index in [9.17, 15) is 5.11 Å². The summed E-state index contributed by atoms with van der Waals surface area (Å²) in [6.07, 6.45) is 0.973. The first-order valence-electron chi connectivity index (χ1n) is 7.35. The Labute approximate surface area is 134 Å². The van der Waals surface area contributed by atoms with E-state index in [1.807, 2.05) is 24.3 Å². The van der Waals surface area contributed by atoms with Gasteiger partial charge >= 0.3 is 0 Å². The zero-order valence-corrected chi connectivity index (χ0v) is 13.0. The van der Waals surface area contributed by atoms with Crippen LogP contribution in [0.1, 0.15) is 0 Å². The van der Waals surface area contributed by atoms with Crippen molar-refractivity contribution in [1.29, 1.82) is 0 Å². The minimum absolute atomic E-state index is 0.387. The van der Waals surface area contributed by atoms with Crippen LogP contribution in [-0.2, 0) is 11.3 Å². The lowest BCUT2D eigenvalue weighted by atomic mass is 10.2. The number of hydrogen-bond acceptors (Lipinski definition) is 5. The molecule has 3 rings (SSSR count). The van der Waals surface area contributed by atoms with Crippen LogP contribution in [-0.4, -0.2) is 63.7 Å². The van der Waals surface area contributed by atoms with E-state index in [1.165, 1.54) is 6.33 Å². The number of hydrogen-bond donors (Lipinski definition) is 1. The number of halogens is 1. The summed E-state index contributed by atoms with van der Waals surface area (Å²) in [5, 5.41) is 15.1. The molecule has 1 aromatic heterocycles. The van der Waals surface area contributed by atoms with Gasteiger partial charge in [0.1, 0.15) is 6.33 Å². The number of nitrogens with zero attached hydrogens (tertiary/aromatic N) is 4. The molecule has 0 amide bonds. The highest BCUT2D eigenvalue weighted by Gasteiger charge is 2.18. The Kier molecular flexibility index (Phi) is 5.04. The molecular weight excluding hydrogens is 304 g/mol. The van der Waals surface area contributed by atoms with Gasteiger partial charge in [0.15, 0.2) is 5.82 Å². The molecule has 0 spiro atoms. The molecule has 1 aromatic carbocycles. The highest BCUT2D eigenvalue weighted by Crippen LogP contribution is 2.25. The molecule has 0 unspecified atom stereocenters. The highest BCUT2D eigenvalue weighted by atomic mass is 35.5. The molecule has 6 nitrogen and oxygen atoms in total. The molecule has 0 radical (unpaired) electrons. The van der Waals surface area contributed by atoms with E-state index in [-0.39, 0.29) is 0 Å². The van der Waals surface area contributed by atoms with Crippen molar-refractivity contribution in [1.82, 2.24) is 19.7 Å². The summed E-state index contributed by atoms with van der Waals surface area (Å²) in [4.78, 5) is 6.46. The molecule has 0 bridgehead atoms. The number of ether oxygens (including phenoxy) is 1. The van der Waals surface area contributed by atoms with Crippen LogP contribution in [0.5, 0.6) is 0 Å². The summed E-state index contributed by atoms with van der Waals surface area (Å²) in [5.41, 5.74) is 0.820. The molecule has 22 heavy (non-hydrogen) atoms. The Morgan fingerprint density at radius 2 is 2.00 bits per heavy atom. The van der Waals surface area contributed by atoms with Crippen LogP contribution in [0.15, 0.2) is 30.6 Å². The van der Waals surface area contributed by atoms with E-state index in [1.54, 1.807) is 4.68 Å². The third-order valence-electron chi connectivity index (χ3n) is 3.69. The van der Waals surface area contributed by atoms with E-state index in [0.29, 0.717) is 23.9 Å². The van der Waals surface area contributed by atoms with E-state index in [0.717, 1.165) is 31.9 Å². The molecular formula is C15H19ClN4O2. The number of benzene rings is 1. The summed E-state index contributed by atoms with van der Waals surface area (Å²) < 4.78 is 7.01. The smallest absolute Gasteiger partial charge is 0.159 e. The van der Waals surface area contributed by atoms with Crippen LogP contribution in [0.3, 0.4) is 0 Å². The summed E-state index contributed by atoms with van der Waals surface area (Å²) in [5.74, 6) is 0.673. The van der Waals surface area contributed by atoms with Crippen LogP contribution < -0.4 is 0 Å². The van der Waals surface area contributed by atoms with Crippen molar-refractivity contribution in [3.63, 3.8) is 0 Å².